The monoisotopic (exact) mass is 424 g/mol. The first kappa shape index (κ1) is 21.7. The summed E-state index contributed by atoms with van der Waals surface area (Å²) in [6.45, 7) is 4.45. The Kier molecular flexibility index (Phi) is 7.31. The second-order valence-electron chi connectivity index (χ2n) is 7.16. The van der Waals surface area contributed by atoms with E-state index in [1.165, 1.54) is 10.6 Å². The highest BCUT2D eigenvalue weighted by atomic mass is 35.5. The molecule has 0 saturated heterocycles. The lowest BCUT2D eigenvalue weighted by atomic mass is 9.98. The molecule has 30 heavy (non-hydrogen) atoms. The highest BCUT2D eigenvalue weighted by Crippen LogP contribution is 2.28. The number of para-hydroxylation sites is 1. The first-order chi connectivity index (χ1) is 14.5. The second kappa shape index (κ2) is 10.1. The summed E-state index contributed by atoms with van der Waals surface area (Å²) in [5.74, 6) is 0.764. The molecule has 1 N–H and O–H groups in total. The van der Waals surface area contributed by atoms with Gasteiger partial charge < -0.3 is 14.6 Å². The lowest BCUT2D eigenvalue weighted by Gasteiger charge is -2.15. The van der Waals surface area contributed by atoms with E-state index < -0.39 is 0 Å². The number of ether oxygens (including phenoxy) is 1. The van der Waals surface area contributed by atoms with Crippen molar-refractivity contribution in [1.29, 1.82) is 0 Å². The minimum Gasteiger partial charge on any atom is -0.483 e. The fourth-order valence-corrected chi connectivity index (χ4v) is 3.31. The van der Waals surface area contributed by atoms with E-state index in [1.54, 1.807) is 18.3 Å². The summed E-state index contributed by atoms with van der Waals surface area (Å²) in [5.41, 5.74) is 2.26. The van der Waals surface area contributed by atoms with Gasteiger partial charge in [-0.2, -0.15) is 0 Å². The van der Waals surface area contributed by atoms with Gasteiger partial charge in [0.05, 0.1) is 12.2 Å². The van der Waals surface area contributed by atoms with Gasteiger partial charge in [-0.3, -0.25) is 9.59 Å². The Bertz CT molecular complexity index is 1080. The highest BCUT2D eigenvalue weighted by molar-refractivity contribution is 6.31. The van der Waals surface area contributed by atoms with Gasteiger partial charge in [0.15, 0.2) is 6.61 Å². The number of benzene rings is 2. The molecule has 5 nitrogen and oxygen atoms in total. The maximum Gasteiger partial charge on any atom is 0.262 e. The lowest BCUT2D eigenvalue weighted by molar-refractivity contribution is -0.118. The van der Waals surface area contributed by atoms with Gasteiger partial charge in [0.25, 0.3) is 11.5 Å². The summed E-state index contributed by atoms with van der Waals surface area (Å²) in [6.07, 6.45) is 2.59. The quantitative estimate of drug-likeness (QED) is 0.548. The van der Waals surface area contributed by atoms with Gasteiger partial charge >= 0.3 is 0 Å². The number of amides is 1. The molecule has 1 amide bonds. The molecule has 0 bridgehead atoms. The summed E-state index contributed by atoms with van der Waals surface area (Å²) in [5, 5.41) is 3.38. The molecule has 1 aromatic heterocycles. The molecule has 0 fully saturated rings. The number of anilines is 1. The van der Waals surface area contributed by atoms with Crippen LogP contribution in [0.1, 0.15) is 37.3 Å². The van der Waals surface area contributed by atoms with Crippen molar-refractivity contribution in [3.63, 3.8) is 0 Å². The first-order valence-corrected chi connectivity index (χ1v) is 10.3. The van der Waals surface area contributed by atoms with Crippen LogP contribution in [0.4, 0.5) is 5.69 Å². The Morgan fingerprint density at radius 2 is 1.83 bits per heavy atom. The minimum atomic E-state index is -0.295. The lowest BCUT2D eigenvalue weighted by Crippen LogP contribution is -2.24. The third kappa shape index (κ3) is 5.51. The molecule has 3 rings (SSSR count). The molecule has 3 aromatic rings. The second-order valence-corrected chi connectivity index (χ2v) is 7.57. The van der Waals surface area contributed by atoms with E-state index >= 15 is 0 Å². The number of carbonyl (C=O) groups is 1. The van der Waals surface area contributed by atoms with E-state index in [4.69, 9.17) is 16.3 Å². The molecule has 1 unspecified atom stereocenters. The number of rotatable bonds is 8. The van der Waals surface area contributed by atoms with E-state index in [0.717, 1.165) is 17.5 Å². The van der Waals surface area contributed by atoms with Crippen molar-refractivity contribution >= 4 is 23.2 Å². The van der Waals surface area contributed by atoms with Crippen LogP contribution < -0.4 is 15.6 Å². The van der Waals surface area contributed by atoms with Crippen LogP contribution in [0.3, 0.4) is 0 Å². The summed E-state index contributed by atoms with van der Waals surface area (Å²) in [6, 6.07) is 18.1. The van der Waals surface area contributed by atoms with E-state index in [1.807, 2.05) is 42.5 Å². The predicted molar refractivity (Wildman–Crippen MR) is 121 cm³/mol. The standard InChI is InChI=1S/C24H25ClN2O3/c1-3-17(2)20-9-5-7-11-22(20)30-16-23(28)26-19-12-13-24(29)27(15-19)14-18-8-4-6-10-21(18)25/h4-13,15,17H,3,14,16H2,1-2H3,(H,26,28). The Labute approximate surface area is 181 Å². The SMILES string of the molecule is CCC(C)c1ccccc1OCC(=O)Nc1ccc(=O)n(Cc2ccccc2Cl)c1. The average Bonchev–Trinajstić information content (AvgIpc) is 2.76. The molecular formula is C24H25ClN2O3. The van der Waals surface area contributed by atoms with Gasteiger partial charge in [-0.15, -0.1) is 0 Å². The van der Waals surface area contributed by atoms with Crippen molar-refractivity contribution < 1.29 is 9.53 Å². The van der Waals surface area contributed by atoms with E-state index in [2.05, 4.69) is 19.2 Å². The zero-order valence-corrected chi connectivity index (χ0v) is 17.9. The predicted octanol–water partition coefficient (Wildman–Crippen LogP) is 5.08. The van der Waals surface area contributed by atoms with Gasteiger partial charge in [-0.1, -0.05) is 61.8 Å². The maximum atomic E-state index is 12.4. The van der Waals surface area contributed by atoms with Gasteiger partial charge in [0.2, 0.25) is 0 Å². The summed E-state index contributed by atoms with van der Waals surface area (Å²) in [7, 11) is 0. The third-order valence-electron chi connectivity index (χ3n) is 4.99. The Hall–Kier alpha value is -3.05. The smallest absolute Gasteiger partial charge is 0.262 e. The topological polar surface area (TPSA) is 60.3 Å². The average molecular weight is 425 g/mol. The largest absolute Gasteiger partial charge is 0.483 e. The molecule has 1 atom stereocenters. The van der Waals surface area contributed by atoms with E-state index in [-0.39, 0.29) is 18.1 Å². The fraction of sp³-hybridized carbons (Fsp3) is 0.250. The minimum absolute atomic E-state index is 0.114. The summed E-state index contributed by atoms with van der Waals surface area (Å²) >= 11 is 6.19. The molecule has 6 heteroatoms. The number of carbonyl (C=O) groups excluding carboxylic acids is 1. The molecular weight excluding hydrogens is 400 g/mol. The van der Waals surface area contributed by atoms with Crippen LogP contribution in [0.25, 0.3) is 0 Å². The Morgan fingerprint density at radius 3 is 2.60 bits per heavy atom. The number of nitrogens with zero attached hydrogens (tertiary/aromatic N) is 1. The van der Waals surface area contributed by atoms with E-state index in [9.17, 15) is 9.59 Å². The van der Waals surface area contributed by atoms with Crippen LogP contribution in [-0.4, -0.2) is 17.1 Å². The number of halogens is 1. The zero-order chi connectivity index (χ0) is 21.5. The fourth-order valence-electron chi connectivity index (χ4n) is 3.12. The van der Waals surface area contributed by atoms with Gasteiger partial charge in [-0.25, -0.2) is 0 Å². The maximum absolute atomic E-state index is 12.4. The number of hydrogen-bond acceptors (Lipinski definition) is 3. The van der Waals surface area contributed by atoms with Crippen molar-refractivity contribution in [2.75, 3.05) is 11.9 Å². The van der Waals surface area contributed by atoms with Crippen LogP contribution in [0.5, 0.6) is 5.75 Å². The number of pyridine rings is 1. The molecule has 0 saturated carbocycles. The molecule has 0 aliphatic heterocycles. The van der Waals surface area contributed by atoms with Gasteiger partial charge in [0, 0.05) is 17.3 Å². The van der Waals surface area contributed by atoms with Crippen molar-refractivity contribution in [2.45, 2.75) is 32.7 Å². The molecule has 0 radical (unpaired) electrons. The molecule has 156 valence electrons. The van der Waals surface area contributed by atoms with Crippen LogP contribution in [0.15, 0.2) is 71.7 Å². The van der Waals surface area contributed by atoms with Crippen LogP contribution in [0.2, 0.25) is 5.02 Å². The number of nitrogens with one attached hydrogen (secondary N) is 1. The molecule has 0 aliphatic carbocycles. The van der Waals surface area contributed by atoms with Gasteiger partial charge in [0.1, 0.15) is 5.75 Å². The third-order valence-corrected chi connectivity index (χ3v) is 5.36. The van der Waals surface area contributed by atoms with Crippen molar-refractivity contribution in [2.24, 2.45) is 0 Å². The van der Waals surface area contributed by atoms with Crippen molar-refractivity contribution in [1.82, 2.24) is 4.57 Å². The molecule has 0 spiro atoms. The van der Waals surface area contributed by atoms with Crippen LogP contribution in [0, 0.1) is 0 Å². The molecule has 1 heterocycles. The van der Waals surface area contributed by atoms with Crippen molar-refractivity contribution in [3.8, 4) is 5.75 Å². The zero-order valence-electron chi connectivity index (χ0n) is 17.1. The normalized spacial score (nSPS) is 11.7. The summed E-state index contributed by atoms with van der Waals surface area (Å²) < 4.78 is 7.27. The van der Waals surface area contributed by atoms with Crippen molar-refractivity contribution in [3.05, 3.63) is 93.4 Å². The summed E-state index contributed by atoms with van der Waals surface area (Å²) in [4.78, 5) is 24.6. The number of hydrogen-bond donors (Lipinski definition) is 1. The van der Waals surface area contributed by atoms with Crippen LogP contribution in [-0.2, 0) is 11.3 Å². The Morgan fingerprint density at radius 1 is 1.10 bits per heavy atom. The van der Waals surface area contributed by atoms with Gasteiger partial charge in [-0.05, 0) is 41.7 Å². The number of aromatic nitrogens is 1. The first-order valence-electron chi connectivity index (χ1n) is 9.93. The molecule has 2 aromatic carbocycles. The highest BCUT2D eigenvalue weighted by Gasteiger charge is 2.12. The molecule has 0 aliphatic rings. The van der Waals surface area contributed by atoms with Crippen LogP contribution >= 0.6 is 11.6 Å². The Balaban J connectivity index is 1.66. The van der Waals surface area contributed by atoms with E-state index in [0.29, 0.717) is 28.9 Å².